The highest BCUT2D eigenvalue weighted by Gasteiger charge is 2.14. The van der Waals surface area contributed by atoms with Gasteiger partial charge in [0.1, 0.15) is 12.4 Å². The molecule has 0 saturated heterocycles. The number of likely N-dealkylation sites (N-methyl/N-ethyl adjacent to an activating group) is 1. The first kappa shape index (κ1) is 19.7. The molecule has 1 amide bonds. The van der Waals surface area contributed by atoms with Gasteiger partial charge in [-0.25, -0.2) is 8.42 Å². The maximum atomic E-state index is 11.5. The lowest BCUT2D eigenvalue weighted by Crippen LogP contribution is -2.37. The molecule has 0 aliphatic carbocycles. The summed E-state index contributed by atoms with van der Waals surface area (Å²) in [6, 6.07) is 7.64. The molecule has 0 unspecified atom stereocenters. The number of benzene rings is 1. The fourth-order valence-corrected chi connectivity index (χ4v) is 2.07. The Morgan fingerprint density at radius 3 is 2.75 bits per heavy atom. The second-order valence-electron chi connectivity index (χ2n) is 5.04. The zero-order valence-electron chi connectivity index (χ0n) is 13.9. The molecular formula is C17H22N2O4S. The highest BCUT2D eigenvalue weighted by molar-refractivity contribution is 7.88. The van der Waals surface area contributed by atoms with Gasteiger partial charge in [-0.15, -0.1) is 6.58 Å². The molecular weight excluding hydrogens is 328 g/mol. The lowest BCUT2D eigenvalue weighted by atomic mass is 10.1. The number of carbonyl (C=O) groups excluding carboxylic acids is 1. The molecule has 0 aromatic heterocycles. The van der Waals surface area contributed by atoms with Crippen molar-refractivity contribution in [1.82, 2.24) is 9.62 Å². The molecule has 7 heteroatoms. The van der Waals surface area contributed by atoms with E-state index in [0.717, 1.165) is 21.9 Å². The first-order valence-corrected chi connectivity index (χ1v) is 9.14. The van der Waals surface area contributed by atoms with Crippen molar-refractivity contribution in [1.29, 1.82) is 0 Å². The van der Waals surface area contributed by atoms with E-state index in [0.29, 0.717) is 6.42 Å². The SMILES string of the molecule is C=CCc1ccccc1OCC#CCNC(=O)CN(C)S(C)(=O)=O. The second-order valence-corrected chi connectivity index (χ2v) is 7.13. The van der Waals surface area contributed by atoms with Gasteiger partial charge in [-0.2, -0.15) is 4.31 Å². The van der Waals surface area contributed by atoms with Crippen molar-refractivity contribution in [3.05, 3.63) is 42.5 Å². The number of allylic oxidation sites excluding steroid dienone is 1. The standard InChI is InChI=1S/C17H22N2O4S/c1-4-9-15-10-5-6-11-16(15)23-13-8-7-12-18-17(20)14-19(2)24(3,21)22/h4-6,10-11H,1,9,12-14H2,2-3H3,(H,18,20). The second kappa shape index (κ2) is 9.75. The van der Waals surface area contributed by atoms with Crippen LogP contribution >= 0.6 is 0 Å². The zero-order chi connectivity index (χ0) is 18.0. The van der Waals surface area contributed by atoms with Gasteiger partial charge in [-0.05, 0) is 18.1 Å². The summed E-state index contributed by atoms with van der Waals surface area (Å²) in [5.41, 5.74) is 1.03. The van der Waals surface area contributed by atoms with Gasteiger partial charge in [0, 0.05) is 7.05 Å². The Morgan fingerprint density at radius 1 is 1.38 bits per heavy atom. The topological polar surface area (TPSA) is 75.7 Å². The van der Waals surface area contributed by atoms with E-state index in [4.69, 9.17) is 4.74 Å². The van der Waals surface area contributed by atoms with Crippen molar-refractivity contribution in [2.24, 2.45) is 0 Å². The molecule has 0 heterocycles. The molecule has 0 atom stereocenters. The van der Waals surface area contributed by atoms with Crippen molar-refractivity contribution in [2.75, 3.05) is 33.0 Å². The van der Waals surface area contributed by atoms with Gasteiger partial charge in [0.2, 0.25) is 15.9 Å². The number of rotatable bonds is 8. The Balaban J connectivity index is 2.36. The Bertz CT molecular complexity index is 732. The van der Waals surface area contributed by atoms with Gasteiger partial charge in [0.25, 0.3) is 0 Å². The first-order valence-electron chi connectivity index (χ1n) is 7.30. The molecule has 0 spiro atoms. The van der Waals surface area contributed by atoms with E-state index in [-0.39, 0.29) is 19.7 Å². The monoisotopic (exact) mass is 350 g/mol. The molecule has 1 rings (SSSR count). The van der Waals surface area contributed by atoms with Crippen molar-refractivity contribution in [3.8, 4) is 17.6 Å². The summed E-state index contributed by atoms with van der Waals surface area (Å²) >= 11 is 0. The fourth-order valence-electron chi connectivity index (χ4n) is 1.71. The quantitative estimate of drug-likeness (QED) is 0.556. The van der Waals surface area contributed by atoms with Crippen LogP contribution in [0.25, 0.3) is 0 Å². The molecule has 0 fully saturated rings. The van der Waals surface area contributed by atoms with Crippen molar-refractivity contribution in [2.45, 2.75) is 6.42 Å². The summed E-state index contributed by atoms with van der Waals surface area (Å²) in [7, 11) is -2.02. The van der Waals surface area contributed by atoms with Crippen LogP contribution in [0.15, 0.2) is 36.9 Å². The highest BCUT2D eigenvalue weighted by Crippen LogP contribution is 2.18. The molecule has 0 radical (unpaired) electrons. The minimum atomic E-state index is -3.37. The molecule has 0 aliphatic heterocycles. The fraction of sp³-hybridized carbons (Fsp3) is 0.353. The van der Waals surface area contributed by atoms with Crippen LogP contribution in [-0.2, 0) is 21.2 Å². The van der Waals surface area contributed by atoms with Crippen LogP contribution in [-0.4, -0.2) is 51.6 Å². The minimum Gasteiger partial charge on any atom is -0.481 e. The third kappa shape index (κ3) is 7.31. The lowest BCUT2D eigenvalue weighted by molar-refractivity contribution is -0.120. The summed E-state index contributed by atoms with van der Waals surface area (Å²) in [5, 5.41) is 2.53. The average molecular weight is 350 g/mol. The molecule has 24 heavy (non-hydrogen) atoms. The highest BCUT2D eigenvalue weighted by atomic mass is 32.2. The van der Waals surface area contributed by atoms with Crippen LogP contribution in [0.4, 0.5) is 0 Å². The third-order valence-corrected chi connectivity index (χ3v) is 4.33. The Hall–Kier alpha value is -2.30. The van der Waals surface area contributed by atoms with E-state index in [2.05, 4.69) is 23.7 Å². The first-order chi connectivity index (χ1) is 11.3. The number of sulfonamides is 1. The van der Waals surface area contributed by atoms with E-state index in [1.807, 2.05) is 24.3 Å². The minimum absolute atomic E-state index is 0.133. The van der Waals surface area contributed by atoms with Gasteiger partial charge in [-0.3, -0.25) is 4.79 Å². The number of carbonyl (C=O) groups is 1. The number of nitrogens with zero attached hydrogens (tertiary/aromatic N) is 1. The maximum Gasteiger partial charge on any atom is 0.236 e. The molecule has 6 nitrogen and oxygen atoms in total. The van der Waals surface area contributed by atoms with Gasteiger partial charge in [0.05, 0.1) is 19.3 Å². The van der Waals surface area contributed by atoms with Crippen LogP contribution in [0.2, 0.25) is 0 Å². The van der Waals surface area contributed by atoms with Gasteiger partial charge < -0.3 is 10.1 Å². The Morgan fingerprint density at radius 2 is 2.08 bits per heavy atom. The maximum absolute atomic E-state index is 11.5. The van der Waals surface area contributed by atoms with Crippen molar-refractivity contribution in [3.63, 3.8) is 0 Å². The summed E-state index contributed by atoms with van der Waals surface area (Å²) in [6.45, 7) is 3.81. The molecule has 1 aromatic carbocycles. The zero-order valence-corrected chi connectivity index (χ0v) is 14.7. The van der Waals surface area contributed by atoms with Crippen molar-refractivity contribution < 1.29 is 17.9 Å². The number of amides is 1. The summed E-state index contributed by atoms with van der Waals surface area (Å²) < 4.78 is 28.9. The van der Waals surface area contributed by atoms with E-state index < -0.39 is 15.9 Å². The van der Waals surface area contributed by atoms with Crippen LogP contribution in [0.3, 0.4) is 0 Å². The van der Waals surface area contributed by atoms with E-state index in [1.165, 1.54) is 7.05 Å². The molecule has 1 aromatic rings. The summed E-state index contributed by atoms with van der Waals surface area (Å²) in [4.78, 5) is 11.5. The van der Waals surface area contributed by atoms with E-state index in [1.54, 1.807) is 6.08 Å². The summed E-state index contributed by atoms with van der Waals surface area (Å²) in [5.74, 6) is 5.90. The average Bonchev–Trinajstić information content (AvgIpc) is 2.51. The van der Waals surface area contributed by atoms with Gasteiger partial charge >= 0.3 is 0 Å². The number of ether oxygens (including phenoxy) is 1. The largest absolute Gasteiger partial charge is 0.481 e. The van der Waals surface area contributed by atoms with Crippen LogP contribution in [0.5, 0.6) is 5.75 Å². The molecule has 0 saturated carbocycles. The smallest absolute Gasteiger partial charge is 0.236 e. The van der Waals surface area contributed by atoms with E-state index in [9.17, 15) is 13.2 Å². The molecule has 0 bridgehead atoms. The number of para-hydroxylation sites is 1. The van der Waals surface area contributed by atoms with E-state index >= 15 is 0 Å². The molecule has 0 aliphatic rings. The summed E-state index contributed by atoms with van der Waals surface area (Å²) in [6.07, 6.45) is 3.56. The third-order valence-electron chi connectivity index (χ3n) is 3.07. The Labute approximate surface area is 143 Å². The predicted octanol–water partition coefficient (Wildman–Crippen LogP) is 0.805. The lowest BCUT2D eigenvalue weighted by Gasteiger charge is -2.12. The van der Waals surface area contributed by atoms with Crippen molar-refractivity contribution >= 4 is 15.9 Å². The number of hydrogen-bond acceptors (Lipinski definition) is 4. The normalized spacial score (nSPS) is 10.6. The number of nitrogens with one attached hydrogen (secondary N) is 1. The van der Waals surface area contributed by atoms with Gasteiger partial charge in [0.15, 0.2) is 0 Å². The van der Waals surface area contributed by atoms with Crippen LogP contribution < -0.4 is 10.1 Å². The Kier molecular flexibility index (Phi) is 8.02. The number of hydrogen-bond donors (Lipinski definition) is 1. The molecule has 1 N–H and O–H groups in total. The molecule has 130 valence electrons. The van der Waals surface area contributed by atoms with Crippen LogP contribution in [0.1, 0.15) is 5.56 Å². The van der Waals surface area contributed by atoms with Gasteiger partial charge in [-0.1, -0.05) is 36.1 Å². The van der Waals surface area contributed by atoms with Crippen LogP contribution in [0, 0.1) is 11.8 Å². The predicted molar refractivity (Wildman–Crippen MR) is 94.1 cm³/mol.